The number of fused-ring (bicyclic) bond motifs is 9. The summed E-state index contributed by atoms with van der Waals surface area (Å²) in [7, 11) is 1.46. The second-order valence-electron chi connectivity index (χ2n) is 13.6. The van der Waals surface area contributed by atoms with E-state index in [0.717, 1.165) is 38.8 Å². The minimum absolute atomic E-state index is 0.0925. The third kappa shape index (κ3) is 6.04. The van der Waals surface area contributed by atoms with Crippen LogP contribution in [0.25, 0.3) is 0 Å². The number of benzene rings is 3. The Morgan fingerprint density at radius 2 is 1.70 bits per heavy atom. The number of hydrogen-bond donors (Lipinski definition) is 2. The van der Waals surface area contributed by atoms with Gasteiger partial charge in [0, 0.05) is 21.7 Å². The molecule has 11 nitrogen and oxygen atoms in total. The Labute approximate surface area is 314 Å². The van der Waals surface area contributed by atoms with Crippen LogP contribution in [-0.2, 0) is 25.3 Å². The number of aromatic amines is 1. The predicted octanol–water partition coefficient (Wildman–Crippen LogP) is 6.34. The molecule has 0 spiro atoms. The first-order valence-corrected chi connectivity index (χ1v) is 18.9. The normalized spacial score (nSPS) is 25.2. The third-order valence-corrected chi connectivity index (χ3v) is 13.3. The van der Waals surface area contributed by atoms with Gasteiger partial charge in [0.25, 0.3) is 5.91 Å². The molecule has 3 fully saturated rings. The number of amides is 3. The molecular weight excluding hydrogens is 748 g/mol. The molecular formula is C38H32F3N3O8S2. The summed E-state index contributed by atoms with van der Waals surface area (Å²) in [4.78, 5) is 69.8. The van der Waals surface area contributed by atoms with E-state index in [1.807, 2.05) is 6.07 Å². The Morgan fingerprint density at radius 1 is 0.963 bits per heavy atom. The lowest BCUT2D eigenvalue weighted by Crippen LogP contribution is -2.42. The first kappa shape index (κ1) is 35.9. The molecule has 2 aliphatic carbocycles. The number of rotatable bonds is 9. The number of esters is 1. The second kappa shape index (κ2) is 13.6. The van der Waals surface area contributed by atoms with Crippen LogP contribution in [0.5, 0.6) is 11.5 Å². The van der Waals surface area contributed by atoms with Crippen LogP contribution in [-0.4, -0.2) is 54.2 Å². The summed E-state index contributed by atoms with van der Waals surface area (Å²) in [5.74, 6) is -3.69. The first-order chi connectivity index (χ1) is 25.9. The summed E-state index contributed by atoms with van der Waals surface area (Å²) in [6.45, 7) is 1.60. The first-order valence-electron chi connectivity index (χ1n) is 17.2. The zero-order valence-corrected chi connectivity index (χ0v) is 30.3. The zero-order chi connectivity index (χ0) is 38.1. The van der Waals surface area contributed by atoms with Crippen LogP contribution < -0.4 is 24.6 Å². The SMILES string of the molecule is CCOC(=O)c1ccc(NC(=O)COc2ccc([C@H]3c4sc(=O)[nH]c4SC4C3[C@H]3C[C@@H]4C4C(=O)N(c5cccc(C(F)(F)F)c5)C(=O)C43)cc2OC)cc1. The summed E-state index contributed by atoms with van der Waals surface area (Å²) >= 11 is 2.58. The van der Waals surface area contributed by atoms with Gasteiger partial charge in [-0.25, -0.2) is 4.79 Å². The second-order valence-corrected chi connectivity index (χ2v) is 15.8. The van der Waals surface area contributed by atoms with Gasteiger partial charge in [0.05, 0.1) is 47.4 Å². The fourth-order valence-corrected chi connectivity index (χ4v) is 11.6. The van der Waals surface area contributed by atoms with E-state index in [4.69, 9.17) is 14.2 Å². The number of imide groups is 1. The Bertz CT molecular complexity index is 2240. The van der Waals surface area contributed by atoms with Gasteiger partial charge in [-0.05, 0) is 91.3 Å². The van der Waals surface area contributed by atoms with Gasteiger partial charge in [0.2, 0.25) is 11.8 Å². The molecule has 54 heavy (non-hydrogen) atoms. The van der Waals surface area contributed by atoms with E-state index in [-0.39, 0.29) is 52.7 Å². The maximum atomic E-state index is 14.0. The van der Waals surface area contributed by atoms with Crippen molar-refractivity contribution in [2.45, 2.75) is 35.7 Å². The van der Waals surface area contributed by atoms with Gasteiger partial charge >= 0.3 is 17.0 Å². The predicted molar refractivity (Wildman–Crippen MR) is 192 cm³/mol. The third-order valence-electron chi connectivity index (χ3n) is 10.7. The molecule has 2 aliphatic heterocycles. The highest BCUT2D eigenvalue weighted by Crippen LogP contribution is 2.69. The molecule has 4 aromatic rings. The highest BCUT2D eigenvalue weighted by atomic mass is 32.2. The van der Waals surface area contributed by atoms with Crippen LogP contribution in [0.15, 0.2) is 76.6 Å². The smallest absolute Gasteiger partial charge is 0.416 e. The highest BCUT2D eigenvalue weighted by Gasteiger charge is 2.69. The maximum absolute atomic E-state index is 14.0. The fourth-order valence-electron chi connectivity index (χ4n) is 8.71. The number of methoxy groups -OCH3 is 1. The quantitative estimate of drug-likeness (QED) is 0.147. The van der Waals surface area contributed by atoms with E-state index in [9.17, 15) is 37.1 Å². The fraction of sp³-hybridized carbons (Fsp3) is 0.342. The summed E-state index contributed by atoms with van der Waals surface area (Å²) in [5.41, 5.74) is 0.558. The van der Waals surface area contributed by atoms with Gasteiger partial charge < -0.3 is 24.5 Å². The minimum atomic E-state index is -4.64. The van der Waals surface area contributed by atoms with E-state index in [0.29, 0.717) is 34.2 Å². The van der Waals surface area contributed by atoms with Crippen molar-refractivity contribution >= 4 is 58.2 Å². The Hall–Kier alpha value is -5.09. The van der Waals surface area contributed by atoms with Gasteiger partial charge in [-0.1, -0.05) is 23.5 Å². The van der Waals surface area contributed by atoms with Gasteiger partial charge in [-0.2, -0.15) is 13.2 Å². The van der Waals surface area contributed by atoms with Gasteiger partial charge in [0.15, 0.2) is 18.1 Å². The molecule has 4 aliphatic rings. The average molecular weight is 780 g/mol. The molecule has 2 N–H and O–H groups in total. The number of ether oxygens (including phenoxy) is 3. The number of H-pyrrole nitrogens is 1. The molecule has 3 heterocycles. The Morgan fingerprint density at radius 3 is 2.41 bits per heavy atom. The van der Waals surface area contributed by atoms with E-state index in [1.165, 1.54) is 31.0 Å². The van der Waals surface area contributed by atoms with Gasteiger partial charge in [-0.3, -0.25) is 24.1 Å². The molecule has 1 saturated heterocycles. The summed E-state index contributed by atoms with van der Waals surface area (Å²) in [6, 6.07) is 15.8. The summed E-state index contributed by atoms with van der Waals surface area (Å²) in [5, 5.41) is 3.27. The molecule has 2 saturated carbocycles. The zero-order valence-electron chi connectivity index (χ0n) is 28.7. The number of alkyl halides is 3. The van der Waals surface area contributed by atoms with Crippen molar-refractivity contribution < 1.29 is 46.6 Å². The number of carbonyl (C=O) groups excluding carboxylic acids is 4. The largest absolute Gasteiger partial charge is 0.493 e. The number of aromatic nitrogens is 1. The van der Waals surface area contributed by atoms with Crippen LogP contribution in [0, 0.1) is 29.6 Å². The van der Waals surface area contributed by atoms with Gasteiger partial charge in [0.1, 0.15) is 0 Å². The number of anilines is 2. The molecule has 280 valence electrons. The van der Waals surface area contributed by atoms with Crippen molar-refractivity contribution in [2.24, 2.45) is 29.6 Å². The van der Waals surface area contributed by atoms with E-state index < -0.39 is 47.3 Å². The van der Waals surface area contributed by atoms with Crippen LogP contribution in [0.3, 0.4) is 0 Å². The lowest BCUT2D eigenvalue weighted by atomic mass is 9.68. The van der Waals surface area contributed by atoms with Crippen molar-refractivity contribution in [3.8, 4) is 11.5 Å². The lowest BCUT2D eigenvalue weighted by molar-refractivity contribution is -0.137. The number of hydrogen-bond acceptors (Lipinski definition) is 10. The van der Waals surface area contributed by atoms with E-state index >= 15 is 0 Å². The molecule has 4 unspecified atom stereocenters. The minimum Gasteiger partial charge on any atom is -0.493 e. The number of thioether (sulfide) groups is 1. The van der Waals surface area contributed by atoms with Crippen molar-refractivity contribution in [3.05, 3.63) is 98.0 Å². The monoisotopic (exact) mass is 779 g/mol. The molecule has 16 heteroatoms. The van der Waals surface area contributed by atoms with Gasteiger partial charge in [-0.15, -0.1) is 11.8 Å². The molecule has 0 radical (unpaired) electrons. The van der Waals surface area contributed by atoms with Crippen molar-refractivity contribution in [2.75, 3.05) is 30.5 Å². The van der Waals surface area contributed by atoms with E-state index in [1.54, 1.807) is 43.3 Å². The standard InChI is InChI=1S/C38H32F3N3O8S2/c1-3-51-36(48)17-7-10-20(11-8-17)42-26(45)16-52-24-12-9-18(13-25(24)50-2)27-28-22-15-23(31(28)53-33-32(27)54-37(49)43-33)30-29(22)34(46)44(35(30)47)21-6-4-5-19(14-21)38(39,40)41/h4-14,22-23,27-31H,3,15-16H2,1-2H3,(H,42,45)(H,43,49)/t22-,23-,27-,28?,29?,30?,31?/m1/s1. The molecule has 3 amide bonds. The topological polar surface area (TPSA) is 144 Å². The molecule has 1 aromatic heterocycles. The van der Waals surface area contributed by atoms with Crippen LogP contribution in [0.2, 0.25) is 0 Å². The number of nitrogens with one attached hydrogen (secondary N) is 2. The Balaban J connectivity index is 1.04. The molecule has 7 atom stereocenters. The highest BCUT2D eigenvalue weighted by molar-refractivity contribution is 8.00. The van der Waals surface area contributed by atoms with Crippen molar-refractivity contribution in [3.63, 3.8) is 0 Å². The average Bonchev–Trinajstić information content (AvgIpc) is 3.89. The van der Waals surface area contributed by atoms with Crippen molar-refractivity contribution in [1.82, 2.24) is 4.98 Å². The number of halogens is 3. The van der Waals surface area contributed by atoms with Crippen LogP contribution >= 0.6 is 23.1 Å². The van der Waals surface area contributed by atoms with Crippen LogP contribution in [0.4, 0.5) is 24.5 Å². The number of thiazole rings is 1. The van der Waals surface area contributed by atoms with Crippen LogP contribution in [0.1, 0.15) is 45.6 Å². The Kier molecular flexibility index (Phi) is 9.07. The maximum Gasteiger partial charge on any atom is 0.416 e. The molecule has 2 bridgehead atoms. The number of nitrogens with zero attached hydrogens (tertiary/aromatic N) is 1. The van der Waals surface area contributed by atoms with E-state index in [2.05, 4.69) is 10.3 Å². The van der Waals surface area contributed by atoms with Crippen molar-refractivity contribution in [1.29, 1.82) is 0 Å². The lowest BCUT2D eigenvalue weighted by Gasteiger charge is -2.43. The molecule has 3 aromatic carbocycles. The number of carbonyl (C=O) groups is 4. The summed E-state index contributed by atoms with van der Waals surface area (Å²) < 4.78 is 57.2. The molecule has 8 rings (SSSR count). The summed E-state index contributed by atoms with van der Waals surface area (Å²) in [6.07, 6.45) is -4.04.